The Labute approximate surface area is 200 Å². The molecule has 0 unspecified atom stereocenters. The van der Waals surface area contributed by atoms with E-state index in [1.165, 1.54) is 0 Å². The number of thioether (sulfide) groups is 1. The summed E-state index contributed by atoms with van der Waals surface area (Å²) in [6.07, 6.45) is 0. The van der Waals surface area contributed by atoms with Crippen molar-refractivity contribution in [2.45, 2.75) is 17.6 Å². The zero-order valence-corrected chi connectivity index (χ0v) is 19.5. The van der Waals surface area contributed by atoms with Crippen molar-refractivity contribution < 1.29 is 0 Å². The van der Waals surface area contributed by atoms with E-state index in [-0.39, 0.29) is 5.43 Å². The average molecular weight is 470 g/mol. The first-order valence-corrected chi connectivity index (χ1v) is 11.9. The average Bonchev–Trinajstić information content (AvgIpc) is 2.83. The highest BCUT2D eigenvalue weighted by atomic mass is 35.5. The van der Waals surface area contributed by atoms with E-state index in [1.54, 1.807) is 17.8 Å². The van der Waals surface area contributed by atoms with Crippen LogP contribution in [0.4, 0.5) is 0 Å². The van der Waals surface area contributed by atoms with Crippen molar-refractivity contribution in [1.82, 2.24) is 15.0 Å². The van der Waals surface area contributed by atoms with E-state index in [0.717, 1.165) is 38.7 Å². The first-order valence-electron chi connectivity index (χ1n) is 10.5. The number of halogens is 1. The van der Waals surface area contributed by atoms with E-state index < -0.39 is 0 Å². The minimum absolute atomic E-state index is 0.0577. The fraction of sp³-hybridized carbons (Fsp3) is 0.0741. The van der Waals surface area contributed by atoms with Crippen molar-refractivity contribution in [1.29, 1.82) is 0 Å². The highest BCUT2D eigenvalue weighted by Crippen LogP contribution is 2.34. The molecule has 0 radical (unpaired) electrons. The number of hydrogen-bond donors (Lipinski definition) is 1. The van der Waals surface area contributed by atoms with E-state index >= 15 is 0 Å². The SMILES string of the molecule is Cc1cc(-c2cc3c(=O)cc(CSc4ccccc4)[nH]c3nc2-c2ccccc2)cc(Cl)n1. The monoisotopic (exact) mass is 469 g/mol. The fourth-order valence-corrected chi connectivity index (χ4v) is 4.87. The Bertz CT molecular complexity index is 1480. The van der Waals surface area contributed by atoms with Gasteiger partial charge in [-0.15, -0.1) is 11.8 Å². The standard InChI is InChI=1S/C27H20ClN3OS/c1-17-12-19(13-25(28)29-17)22-15-23-24(32)14-20(16-33-21-10-6-3-7-11-21)30-27(23)31-26(22)18-8-4-2-5-9-18/h2-15H,16H2,1H3,(H,30,31,32). The number of aryl methyl sites for hydroxylation is 1. The van der Waals surface area contributed by atoms with Gasteiger partial charge in [-0.05, 0) is 42.8 Å². The van der Waals surface area contributed by atoms with Gasteiger partial charge in [0.2, 0.25) is 0 Å². The molecule has 0 atom stereocenters. The highest BCUT2D eigenvalue weighted by Gasteiger charge is 2.15. The van der Waals surface area contributed by atoms with Gasteiger partial charge in [0.05, 0.1) is 11.1 Å². The number of aromatic amines is 1. The topological polar surface area (TPSA) is 58.6 Å². The Hall–Kier alpha value is -3.41. The second kappa shape index (κ2) is 9.22. The third-order valence-corrected chi connectivity index (χ3v) is 6.54. The quantitative estimate of drug-likeness (QED) is 0.224. The molecule has 0 bridgehead atoms. The zero-order valence-electron chi connectivity index (χ0n) is 17.9. The van der Waals surface area contributed by atoms with Crippen LogP contribution in [-0.2, 0) is 5.75 Å². The molecule has 3 heterocycles. The summed E-state index contributed by atoms with van der Waals surface area (Å²) in [4.78, 5) is 26.8. The van der Waals surface area contributed by atoms with Crippen molar-refractivity contribution in [3.05, 3.63) is 112 Å². The van der Waals surface area contributed by atoms with Gasteiger partial charge in [0, 0.05) is 39.2 Å². The number of H-pyrrole nitrogens is 1. The summed E-state index contributed by atoms with van der Waals surface area (Å²) in [5, 5.41) is 0.954. The predicted octanol–water partition coefficient (Wildman–Crippen LogP) is 6.91. The summed E-state index contributed by atoms with van der Waals surface area (Å²) in [6, 6.07) is 27.4. The van der Waals surface area contributed by atoms with Gasteiger partial charge < -0.3 is 4.98 Å². The van der Waals surface area contributed by atoms with Crippen LogP contribution < -0.4 is 5.43 Å². The third-order valence-electron chi connectivity index (χ3n) is 5.29. The van der Waals surface area contributed by atoms with Crippen LogP contribution >= 0.6 is 23.4 Å². The van der Waals surface area contributed by atoms with Crippen LogP contribution in [0.1, 0.15) is 11.4 Å². The van der Waals surface area contributed by atoms with Crippen molar-refractivity contribution >= 4 is 34.4 Å². The second-order valence-electron chi connectivity index (χ2n) is 7.73. The predicted molar refractivity (Wildman–Crippen MR) is 137 cm³/mol. The van der Waals surface area contributed by atoms with Crippen molar-refractivity contribution in [2.24, 2.45) is 0 Å². The Kier molecular flexibility index (Phi) is 5.99. The van der Waals surface area contributed by atoms with Crippen LogP contribution in [0, 0.1) is 6.92 Å². The van der Waals surface area contributed by atoms with Gasteiger partial charge in [0.25, 0.3) is 0 Å². The van der Waals surface area contributed by atoms with Crippen molar-refractivity contribution in [3.63, 3.8) is 0 Å². The Morgan fingerprint density at radius 1 is 0.879 bits per heavy atom. The highest BCUT2D eigenvalue weighted by molar-refractivity contribution is 7.98. The largest absolute Gasteiger partial charge is 0.342 e. The molecule has 0 saturated heterocycles. The molecule has 0 aliphatic heterocycles. The van der Waals surface area contributed by atoms with E-state index in [0.29, 0.717) is 21.9 Å². The molecule has 33 heavy (non-hydrogen) atoms. The van der Waals surface area contributed by atoms with Gasteiger partial charge in [0.1, 0.15) is 10.8 Å². The molecule has 5 aromatic rings. The fourth-order valence-electron chi connectivity index (χ4n) is 3.80. The van der Waals surface area contributed by atoms with Gasteiger partial charge in [-0.2, -0.15) is 0 Å². The molecule has 0 amide bonds. The molecular formula is C27H20ClN3OS. The molecule has 3 aromatic heterocycles. The van der Waals surface area contributed by atoms with Crippen LogP contribution in [0.25, 0.3) is 33.4 Å². The number of aromatic nitrogens is 3. The molecule has 5 rings (SSSR count). The van der Waals surface area contributed by atoms with Crippen LogP contribution in [0.15, 0.2) is 94.6 Å². The lowest BCUT2D eigenvalue weighted by molar-refractivity contribution is 1.17. The van der Waals surface area contributed by atoms with E-state index in [4.69, 9.17) is 16.6 Å². The lowest BCUT2D eigenvalue weighted by Crippen LogP contribution is -2.07. The Morgan fingerprint density at radius 2 is 1.61 bits per heavy atom. The number of nitrogens with one attached hydrogen (secondary N) is 1. The zero-order chi connectivity index (χ0) is 22.8. The van der Waals surface area contributed by atoms with E-state index in [2.05, 4.69) is 22.1 Å². The summed E-state index contributed by atoms with van der Waals surface area (Å²) in [5.41, 5.74) is 5.63. The maximum atomic E-state index is 13.1. The molecule has 0 aliphatic rings. The summed E-state index contributed by atoms with van der Waals surface area (Å²) in [7, 11) is 0. The number of rotatable bonds is 5. The molecule has 1 N–H and O–H groups in total. The molecule has 2 aromatic carbocycles. The maximum Gasteiger partial charge on any atom is 0.191 e. The van der Waals surface area contributed by atoms with Crippen LogP contribution in [-0.4, -0.2) is 15.0 Å². The van der Waals surface area contributed by atoms with Crippen molar-refractivity contribution in [2.75, 3.05) is 0 Å². The lowest BCUT2D eigenvalue weighted by atomic mass is 9.98. The number of fused-ring (bicyclic) bond motifs is 1. The third kappa shape index (κ3) is 4.70. The molecule has 0 spiro atoms. The molecule has 0 saturated carbocycles. The lowest BCUT2D eigenvalue weighted by Gasteiger charge is -2.13. The summed E-state index contributed by atoms with van der Waals surface area (Å²) >= 11 is 7.93. The van der Waals surface area contributed by atoms with Gasteiger partial charge >= 0.3 is 0 Å². The molecule has 162 valence electrons. The second-order valence-corrected chi connectivity index (χ2v) is 9.16. The summed E-state index contributed by atoms with van der Waals surface area (Å²) in [6.45, 7) is 1.90. The molecule has 4 nitrogen and oxygen atoms in total. The van der Waals surface area contributed by atoms with Gasteiger partial charge in [0.15, 0.2) is 5.43 Å². The number of benzene rings is 2. The van der Waals surface area contributed by atoms with Crippen molar-refractivity contribution in [3.8, 4) is 22.4 Å². The minimum atomic E-state index is -0.0577. The Morgan fingerprint density at radius 3 is 2.33 bits per heavy atom. The van der Waals surface area contributed by atoms with Gasteiger partial charge in [-0.3, -0.25) is 4.79 Å². The van der Waals surface area contributed by atoms with E-state index in [1.807, 2.05) is 73.7 Å². The van der Waals surface area contributed by atoms with Crippen LogP contribution in [0.2, 0.25) is 5.15 Å². The molecule has 0 fully saturated rings. The van der Waals surface area contributed by atoms with Gasteiger partial charge in [-0.1, -0.05) is 60.1 Å². The first-order chi connectivity index (χ1) is 16.1. The number of pyridine rings is 3. The Balaban J connectivity index is 1.65. The first kappa shape index (κ1) is 21.4. The normalized spacial score (nSPS) is 11.1. The number of nitrogens with zero attached hydrogens (tertiary/aromatic N) is 2. The molecule has 6 heteroatoms. The van der Waals surface area contributed by atoms with E-state index in [9.17, 15) is 4.79 Å². The summed E-state index contributed by atoms with van der Waals surface area (Å²) in [5.74, 6) is 0.651. The summed E-state index contributed by atoms with van der Waals surface area (Å²) < 4.78 is 0. The van der Waals surface area contributed by atoms with Crippen LogP contribution in [0.5, 0.6) is 0 Å². The van der Waals surface area contributed by atoms with Crippen LogP contribution in [0.3, 0.4) is 0 Å². The van der Waals surface area contributed by atoms with Gasteiger partial charge in [-0.25, -0.2) is 9.97 Å². The maximum absolute atomic E-state index is 13.1. The molecule has 0 aliphatic carbocycles. The smallest absolute Gasteiger partial charge is 0.191 e. The minimum Gasteiger partial charge on any atom is -0.342 e. The molecular weight excluding hydrogens is 450 g/mol. The number of hydrogen-bond acceptors (Lipinski definition) is 4.